The summed E-state index contributed by atoms with van der Waals surface area (Å²) >= 11 is 1.64. The molecule has 1 N–H and O–H groups in total. The molecule has 2 aromatic rings. The summed E-state index contributed by atoms with van der Waals surface area (Å²) in [6.45, 7) is 5.49. The van der Waals surface area contributed by atoms with Crippen molar-refractivity contribution in [2.75, 3.05) is 42.9 Å². The van der Waals surface area contributed by atoms with Crippen LogP contribution < -0.4 is 10.2 Å². The lowest BCUT2D eigenvalue weighted by molar-refractivity contribution is -0.117. The molecule has 1 aromatic heterocycles. The fraction of sp³-hybridized carbons (Fsp3) is 0.412. The number of aryl methyl sites for hydroxylation is 1. The molecule has 0 unspecified atom stereocenters. The van der Waals surface area contributed by atoms with Gasteiger partial charge in [-0.25, -0.2) is 13.8 Å². The fourth-order valence-electron chi connectivity index (χ4n) is 2.78. The van der Waals surface area contributed by atoms with Crippen LogP contribution in [0.2, 0.25) is 0 Å². The Morgan fingerprint density at radius 2 is 2.08 bits per heavy atom. The zero-order valence-electron chi connectivity index (χ0n) is 14.0. The lowest BCUT2D eigenvalue weighted by Crippen LogP contribution is -2.36. The van der Waals surface area contributed by atoms with Crippen LogP contribution in [0.15, 0.2) is 23.6 Å². The maximum atomic E-state index is 13.2. The van der Waals surface area contributed by atoms with Crippen LogP contribution in [0.3, 0.4) is 0 Å². The first-order valence-electron chi connectivity index (χ1n) is 8.15. The van der Waals surface area contributed by atoms with Crippen molar-refractivity contribution in [1.29, 1.82) is 0 Å². The van der Waals surface area contributed by atoms with Crippen LogP contribution in [0.4, 0.5) is 19.6 Å². The number of amides is 1. The topological polar surface area (TPSA) is 48.5 Å². The van der Waals surface area contributed by atoms with Crippen molar-refractivity contribution in [3.63, 3.8) is 0 Å². The Morgan fingerprint density at radius 1 is 1.24 bits per heavy atom. The lowest BCUT2D eigenvalue weighted by Gasteiger charge is -2.21. The number of benzene rings is 1. The largest absolute Gasteiger partial charge is 0.347 e. The lowest BCUT2D eigenvalue weighted by atomic mass is 10.3. The average Bonchev–Trinajstić information content (AvgIpc) is 2.86. The standard InChI is InChI=1S/C17H20F2N4OS/c1-12-11-25-17(20-12)23-6-2-5-22(7-8-23)10-16(24)21-13-3-4-14(18)15(19)9-13/h3-4,9,11H,2,5-8,10H2,1H3,(H,21,24). The fourth-order valence-corrected chi connectivity index (χ4v) is 3.64. The number of anilines is 2. The highest BCUT2D eigenvalue weighted by atomic mass is 32.1. The molecule has 3 rings (SSSR count). The zero-order valence-corrected chi connectivity index (χ0v) is 14.8. The minimum absolute atomic E-state index is 0.226. The monoisotopic (exact) mass is 366 g/mol. The molecule has 1 aliphatic rings. The molecule has 0 spiro atoms. The molecule has 8 heteroatoms. The maximum Gasteiger partial charge on any atom is 0.238 e. The van der Waals surface area contributed by atoms with Crippen molar-refractivity contribution in [2.24, 2.45) is 0 Å². The molecular formula is C17H20F2N4OS. The molecule has 0 atom stereocenters. The predicted molar refractivity (Wildman–Crippen MR) is 95.1 cm³/mol. The van der Waals surface area contributed by atoms with E-state index < -0.39 is 11.6 Å². The molecule has 5 nitrogen and oxygen atoms in total. The number of nitrogens with one attached hydrogen (secondary N) is 1. The van der Waals surface area contributed by atoms with E-state index in [1.165, 1.54) is 6.07 Å². The van der Waals surface area contributed by atoms with Gasteiger partial charge in [-0.1, -0.05) is 0 Å². The summed E-state index contributed by atoms with van der Waals surface area (Å²) in [5.41, 5.74) is 1.28. The second kappa shape index (κ2) is 7.88. The molecule has 1 amide bonds. The predicted octanol–water partition coefficient (Wildman–Crippen LogP) is 2.88. The van der Waals surface area contributed by atoms with E-state index in [2.05, 4.69) is 20.1 Å². The van der Waals surface area contributed by atoms with E-state index in [9.17, 15) is 13.6 Å². The van der Waals surface area contributed by atoms with Gasteiger partial charge >= 0.3 is 0 Å². The molecule has 2 heterocycles. The third-order valence-electron chi connectivity index (χ3n) is 4.04. The Bertz CT molecular complexity index is 752. The van der Waals surface area contributed by atoms with Crippen LogP contribution in [0, 0.1) is 18.6 Å². The number of halogens is 2. The Hall–Kier alpha value is -2.06. The Balaban J connectivity index is 1.52. The molecule has 25 heavy (non-hydrogen) atoms. The summed E-state index contributed by atoms with van der Waals surface area (Å²) in [5, 5.41) is 5.67. The van der Waals surface area contributed by atoms with Gasteiger partial charge in [-0.15, -0.1) is 11.3 Å². The quantitative estimate of drug-likeness (QED) is 0.904. The number of nitrogens with zero attached hydrogens (tertiary/aromatic N) is 3. The van der Waals surface area contributed by atoms with Crippen LogP contribution in [0.25, 0.3) is 0 Å². The molecule has 134 valence electrons. The molecule has 1 aromatic carbocycles. The molecule has 1 fully saturated rings. The number of rotatable bonds is 4. The molecular weight excluding hydrogens is 346 g/mol. The smallest absolute Gasteiger partial charge is 0.238 e. The summed E-state index contributed by atoms with van der Waals surface area (Å²) in [7, 11) is 0. The van der Waals surface area contributed by atoms with Gasteiger partial charge in [0, 0.05) is 43.3 Å². The number of aromatic nitrogens is 1. The normalized spacial score (nSPS) is 15.9. The number of carbonyl (C=O) groups excluding carboxylic acids is 1. The molecule has 1 aliphatic heterocycles. The van der Waals surface area contributed by atoms with Crippen molar-refractivity contribution in [3.05, 3.63) is 40.9 Å². The van der Waals surface area contributed by atoms with E-state index in [0.29, 0.717) is 0 Å². The number of hydrogen-bond acceptors (Lipinski definition) is 5. The first-order valence-corrected chi connectivity index (χ1v) is 9.03. The first kappa shape index (κ1) is 17.8. The molecule has 0 radical (unpaired) electrons. The van der Waals surface area contributed by atoms with Gasteiger partial charge in [-0.3, -0.25) is 9.69 Å². The summed E-state index contributed by atoms with van der Waals surface area (Å²) in [6.07, 6.45) is 0.942. The highest BCUT2D eigenvalue weighted by Gasteiger charge is 2.19. The van der Waals surface area contributed by atoms with Gasteiger partial charge < -0.3 is 10.2 Å². The van der Waals surface area contributed by atoms with Crippen LogP contribution in [-0.4, -0.2) is 48.5 Å². The third kappa shape index (κ3) is 4.73. The SMILES string of the molecule is Cc1csc(N2CCCN(CC(=O)Nc3ccc(F)c(F)c3)CC2)n1. The summed E-state index contributed by atoms with van der Waals surface area (Å²) in [4.78, 5) is 21.0. The molecule has 0 bridgehead atoms. The van der Waals surface area contributed by atoms with Gasteiger partial charge in [0.15, 0.2) is 16.8 Å². The Kier molecular flexibility index (Phi) is 5.60. The van der Waals surface area contributed by atoms with E-state index in [4.69, 9.17) is 0 Å². The Labute approximate surface area is 149 Å². The minimum Gasteiger partial charge on any atom is -0.347 e. The third-order valence-corrected chi connectivity index (χ3v) is 5.06. The second-order valence-corrected chi connectivity index (χ2v) is 6.90. The van der Waals surface area contributed by atoms with Crippen LogP contribution in [0.1, 0.15) is 12.1 Å². The minimum atomic E-state index is -0.970. The summed E-state index contributed by atoms with van der Waals surface area (Å²) in [6, 6.07) is 3.35. The van der Waals surface area contributed by atoms with Gasteiger partial charge in [0.25, 0.3) is 0 Å². The van der Waals surface area contributed by atoms with Crippen molar-refractivity contribution in [3.8, 4) is 0 Å². The van der Waals surface area contributed by atoms with Crippen LogP contribution >= 0.6 is 11.3 Å². The average molecular weight is 366 g/mol. The van der Waals surface area contributed by atoms with Crippen molar-refractivity contribution < 1.29 is 13.6 Å². The van der Waals surface area contributed by atoms with Gasteiger partial charge in [0.05, 0.1) is 12.2 Å². The summed E-state index contributed by atoms with van der Waals surface area (Å²) < 4.78 is 26.1. The second-order valence-electron chi connectivity index (χ2n) is 6.07. The van der Waals surface area contributed by atoms with Gasteiger partial charge in [-0.05, 0) is 25.5 Å². The van der Waals surface area contributed by atoms with Gasteiger partial charge in [0.2, 0.25) is 5.91 Å². The van der Waals surface area contributed by atoms with Gasteiger partial charge in [0.1, 0.15) is 0 Å². The van der Waals surface area contributed by atoms with E-state index in [0.717, 1.165) is 55.6 Å². The maximum absolute atomic E-state index is 13.2. The van der Waals surface area contributed by atoms with E-state index >= 15 is 0 Å². The molecule has 0 saturated carbocycles. The van der Waals surface area contributed by atoms with E-state index in [-0.39, 0.29) is 18.1 Å². The number of thiazole rings is 1. The van der Waals surface area contributed by atoms with Crippen LogP contribution in [0.5, 0.6) is 0 Å². The Morgan fingerprint density at radius 3 is 2.80 bits per heavy atom. The van der Waals surface area contributed by atoms with Gasteiger partial charge in [-0.2, -0.15) is 0 Å². The summed E-state index contributed by atoms with van der Waals surface area (Å²) in [5.74, 6) is -2.13. The van der Waals surface area contributed by atoms with Crippen molar-refractivity contribution >= 4 is 28.1 Å². The van der Waals surface area contributed by atoms with E-state index in [1.54, 1.807) is 11.3 Å². The van der Waals surface area contributed by atoms with E-state index in [1.807, 2.05) is 12.3 Å². The first-order chi connectivity index (χ1) is 12.0. The zero-order chi connectivity index (χ0) is 17.8. The van der Waals surface area contributed by atoms with Crippen molar-refractivity contribution in [1.82, 2.24) is 9.88 Å². The molecule has 1 saturated heterocycles. The number of hydrogen-bond donors (Lipinski definition) is 1. The molecule has 0 aliphatic carbocycles. The highest BCUT2D eigenvalue weighted by Crippen LogP contribution is 2.21. The van der Waals surface area contributed by atoms with Crippen LogP contribution in [-0.2, 0) is 4.79 Å². The number of carbonyl (C=O) groups is 1. The highest BCUT2D eigenvalue weighted by molar-refractivity contribution is 7.13. The van der Waals surface area contributed by atoms with Crippen molar-refractivity contribution in [2.45, 2.75) is 13.3 Å².